The third-order valence-corrected chi connectivity index (χ3v) is 13.5. The topological polar surface area (TPSA) is 117 Å². The van der Waals surface area contributed by atoms with E-state index in [1.807, 2.05) is 0 Å². The maximum Gasteiger partial charge on any atom is 0.407 e. The van der Waals surface area contributed by atoms with Crippen molar-refractivity contribution in [1.82, 2.24) is 5.32 Å². The molecule has 4 N–H and O–H groups in total. The number of nitrogens with one attached hydrogen (secondary N) is 1. The van der Waals surface area contributed by atoms with Crippen molar-refractivity contribution < 1.29 is 34.3 Å². The summed E-state index contributed by atoms with van der Waals surface area (Å²) in [6.45, 7) is 14.9. The van der Waals surface area contributed by atoms with E-state index in [9.17, 15) is 20.1 Å². The van der Waals surface area contributed by atoms with Crippen LogP contribution in [0.25, 0.3) is 0 Å². The second-order valence-electron chi connectivity index (χ2n) is 16.7. The van der Waals surface area contributed by atoms with E-state index in [0.717, 1.165) is 54.8 Å². The molecule has 13 atom stereocenters. The molecule has 1 amide bonds. The maximum atomic E-state index is 12.7. The molecule has 0 spiro atoms. The van der Waals surface area contributed by atoms with Crippen molar-refractivity contribution in [1.29, 1.82) is 0 Å². The van der Waals surface area contributed by atoms with Gasteiger partial charge in [-0.25, -0.2) is 4.79 Å². The van der Waals surface area contributed by atoms with E-state index in [-0.39, 0.29) is 17.6 Å². The molecule has 8 nitrogen and oxygen atoms in total. The van der Waals surface area contributed by atoms with Crippen molar-refractivity contribution in [3.8, 4) is 0 Å². The standard InChI is InChI=1S/C38H65NO7/c1-23(2)10-9-11-24(3)29-14-15-30-28-13-12-26-22-27(16-18-37(26,5)31(28)17-19-38(29,30)6)46-36(43)39-20-7-8-21-44-35-34(42)33(41)32(40)25(4)45-35/h12,23-25,27-35,40-42H,7-11,13-22H2,1-6H3,(H,39,43)/t24?,25?,27?,28?,29?,30?,31?,32-,33?,34?,35?,37-,38+/m0/s1. The summed E-state index contributed by atoms with van der Waals surface area (Å²) in [5, 5.41) is 32.7. The maximum absolute atomic E-state index is 12.7. The van der Waals surface area contributed by atoms with E-state index in [1.165, 1.54) is 56.9 Å². The molecular formula is C38H65NO7. The second kappa shape index (κ2) is 15.1. The van der Waals surface area contributed by atoms with Gasteiger partial charge in [-0.05, 0) is 111 Å². The van der Waals surface area contributed by atoms with Crippen LogP contribution in [0.15, 0.2) is 11.6 Å². The Labute approximate surface area is 278 Å². The Kier molecular flexibility index (Phi) is 11.9. The monoisotopic (exact) mass is 647 g/mol. The van der Waals surface area contributed by atoms with Crippen molar-refractivity contribution in [2.75, 3.05) is 13.2 Å². The van der Waals surface area contributed by atoms with E-state index in [1.54, 1.807) is 6.92 Å². The summed E-state index contributed by atoms with van der Waals surface area (Å²) >= 11 is 0. The lowest BCUT2D eigenvalue weighted by molar-refractivity contribution is -0.293. The fourth-order valence-electron chi connectivity index (χ4n) is 10.7. The molecule has 264 valence electrons. The third kappa shape index (κ3) is 7.51. The molecule has 3 saturated carbocycles. The number of carbonyl (C=O) groups is 1. The zero-order valence-corrected chi connectivity index (χ0v) is 29.6. The van der Waals surface area contributed by atoms with Crippen molar-refractivity contribution >= 4 is 6.09 Å². The SMILES string of the molecule is CC(C)CCCC(C)C1CCC2C3CC=C4CC(OC(=O)NCCCCOC5OC(C)[C@H](O)C(O)C5O)CC[C@]4(C)C3CC[C@]12C. The van der Waals surface area contributed by atoms with Crippen LogP contribution >= 0.6 is 0 Å². The molecule has 8 heteroatoms. The fraction of sp³-hybridized carbons (Fsp3) is 0.921. The Morgan fingerprint density at radius 2 is 1.76 bits per heavy atom. The number of hydrogen-bond acceptors (Lipinski definition) is 7. The summed E-state index contributed by atoms with van der Waals surface area (Å²) in [4.78, 5) is 12.7. The zero-order chi connectivity index (χ0) is 33.2. The minimum absolute atomic E-state index is 0.0654. The van der Waals surface area contributed by atoms with Gasteiger partial charge in [0.25, 0.3) is 0 Å². The number of fused-ring (bicyclic) bond motifs is 5. The van der Waals surface area contributed by atoms with Gasteiger partial charge in [0.05, 0.1) is 6.10 Å². The van der Waals surface area contributed by atoms with Crippen LogP contribution in [0.2, 0.25) is 0 Å². The molecule has 0 radical (unpaired) electrons. The van der Waals surface area contributed by atoms with E-state index < -0.39 is 30.7 Å². The summed E-state index contributed by atoms with van der Waals surface area (Å²) in [6.07, 6.45) is 11.9. The smallest absolute Gasteiger partial charge is 0.407 e. The number of aliphatic hydroxyl groups excluding tert-OH is 3. The van der Waals surface area contributed by atoms with E-state index in [2.05, 4.69) is 46.0 Å². The first-order chi connectivity index (χ1) is 21.8. The number of amides is 1. The number of alkyl carbamates (subject to hydrolysis) is 1. The number of hydrogen-bond donors (Lipinski definition) is 4. The van der Waals surface area contributed by atoms with Crippen LogP contribution in [-0.4, -0.2) is 71.4 Å². The minimum Gasteiger partial charge on any atom is -0.446 e. The summed E-state index contributed by atoms with van der Waals surface area (Å²) in [6, 6.07) is 0. The van der Waals surface area contributed by atoms with Crippen molar-refractivity contribution in [2.45, 2.75) is 162 Å². The molecule has 1 aliphatic heterocycles. The molecular weight excluding hydrogens is 582 g/mol. The van der Waals surface area contributed by atoms with Crippen LogP contribution < -0.4 is 5.32 Å². The van der Waals surface area contributed by atoms with Crippen LogP contribution in [0, 0.1) is 46.3 Å². The highest BCUT2D eigenvalue weighted by atomic mass is 16.7. The highest BCUT2D eigenvalue weighted by Gasteiger charge is 2.59. The Morgan fingerprint density at radius 3 is 2.52 bits per heavy atom. The van der Waals surface area contributed by atoms with Gasteiger partial charge in [0.1, 0.15) is 24.4 Å². The Balaban J connectivity index is 1.05. The first-order valence-corrected chi connectivity index (χ1v) is 18.8. The molecule has 46 heavy (non-hydrogen) atoms. The van der Waals surface area contributed by atoms with E-state index in [0.29, 0.717) is 31.4 Å². The minimum atomic E-state index is -1.30. The first kappa shape index (κ1) is 36.1. The second-order valence-corrected chi connectivity index (χ2v) is 16.7. The molecule has 0 aromatic rings. The third-order valence-electron chi connectivity index (χ3n) is 13.5. The predicted octanol–water partition coefficient (Wildman–Crippen LogP) is 6.75. The Morgan fingerprint density at radius 1 is 0.978 bits per heavy atom. The van der Waals surface area contributed by atoms with Gasteiger partial charge in [0.2, 0.25) is 0 Å². The first-order valence-electron chi connectivity index (χ1n) is 18.8. The molecule has 0 bridgehead atoms. The lowest BCUT2D eigenvalue weighted by Crippen LogP contribution is -2.57. The van der Waals surface area contributed by atoms with Crippen molar-refractivity contribution in [3.63, 3.8) is 0 Å². The molecule has 5 rings (SSSR count). The number of ether oxygens (including phenoxy) is 3. The number of allylic oxidation sites excluding steroid dienone is 1. The van der Waals surface area contributed by atoms with Crippen LogP contribution in [0.3, 0.4) is 0 Å². The Hall–Kier alpha value is -1.19. The van der Waals surface area contributed by atoms with E-state index >= 15 is 0 Å². The molecule has 5 aliphatic rings. The van der Waals surface area contributed by atoms with Gasteiger partial charge in [-0.1, -0.05) is 65.5 Å². The normalized spacial score (nSPS) is 42.9. The summed E-state index contributed by atoms with van der Waals surface area (Å²) in [5.41, 5.74) is 2.28. The lowest BCUT2D eigenvalue weighted by Gasteiger charge is -2.58. The predicted molar refractivity (Wildman–Crippen MR) is 179 cm³/mol. The largest absolute Gasteiger partial charge is 0.446 e. The van der Waals surface area contributed by atoms with Gasteiger partial charge in [0, 0.05) is 19.6 Å². The summed E-state index contributed by atoms with van der Waals surface area (Å²) in [5.74, 6) is 4.94. The lowest BCUT2D eigenvalue weighted by atomic mass is 9.47. The van der Waals surface area contributed by atoms with Gasteiger partial charge >= 0.3 is 6.09 Å². The van der Waals surface area contributed by atoms with Gasteiger partial charge in [-0.3, -0.25) is 0 Å². The van der Waals surface area contributed by atoms with Crippen molar-refractivity contribution in [3.05, 3.63) is 11.6 Å². The van der Waals surface area contributed by atoms with Gasteiger partial charge in [-0.15, -0.1) is 0 Å². The average molecular weight is 648 g/mol. The number of carbonyl (C=O) groups excluding carboxylic acids is 1. The molecule has 0 aromatic heterocycles. The number of rotatable bonds is 12. The summed E-state index contributed by atoms with van der Waals surface area (Å²) < 4.78 is 17.0. The molecule has 4 aliphatic carbocycles. The fourth-order valence-corrected chi connectivity index (χ4v) is 10.7. The van der Waals surface area contributed by atoms with Crippen LogP contribution in [-0.2, 0) is 14.2 Å². The Bertz CT molecular complexity index is 1050. The zero-order valence-electron chi connectivity index (χ0n) is 29.6. The molecule has 4 fully saturated rings. The summed E-state index contributed by atoms with van der Waals surface area (Å²) in [7, 11) is 0. The highest BCUT2D eigenvalue weighted by Crippen LogP contribution is 2.67. The number of aliphatic hydroxyl groups is 3. The molecule has 0 aromatic carbocycles. The van der Waals surface area contributed by atoms with Crippen LogP contribution in [0.4, 0.5) is 4.79 Å². The van der Waals surface area contributed by atoms with Gasteiger partial charge in [-0.2, -0.15) is 0 Å². The van der Waals surface area contributed by atoms with Crippen LogP contribution in [0.1, 0.15) is 125 Å². The highest BCUT2D eigenvalue weighted by molar-refractivity contribution is 5.67. The average Bonchev–Trinajstić information content (AvgIpc) is 3.37. The molecule has 10 unspecified atom stereocenters. The molecule has 1 saturated heterocycles. The number of unbranched alkanes of at least 4 members (excludes halogenated alkanes) is 1. The van der Waals surface area contributed by atoms with Gasteiger partial charge in [0.15, 0.2) is 6.29 Å². The quantitative estimate of drug-likeness (QED) is 0.137. The van der Waals surface area contributed by atoms with Gasteiger partial charge < -0.3 is 34.8 Å². The molecule has 1 heterocycles. The van der Waals surface area contributed by atoms with Crippen LogP contribution in [0.5, 0.6) is 0 Å². The van der Waals surface area contributed by atoms with Crippen molar-refractivity contribution in [2.24, 2.45) is 46.3 Å². The van der Waals surface area contributed by atoms with E-state index in [4.69, 9.17) is 14.2 Å².